The number of anilines is 1. The summed E-state index contributed by atoms with van der Waals surface area (Å²) in [4.78, 5) is 25.3. The fraction of sp³-hybridized carbons (Fsp3) is 0.300. The van der Waals surface area contributed by atoms with E-state index < -0.39 is 0 Å². The number of thioether (sulfide) groups is 1. The molecule has 0 saturated heterocycles. The van der Waals surface area contributed by atoms with Gasteiger partial charge < -0.3 is 10.6 Å². The van der Waals surface area contributed by atoms with Crippen molar-refractivity contribution in [2.45, 2.75) is 25.7 Å². The Kier molecular flexibility index (Phi) is 7.07. The van der Waals surface area contributed by atoms with Gasteiger partial charge in [0, 0.05) is 22.7 Å². The lowest BCUT2D eigenvalue weighted by molar-refractivity contribution is -0.113. The number of rotatable bonds is 7. The zero-order valence-electron chi connectivity index (χ0n) is 14.8. The lowest BCUT2D eigenvalue weighted by atomic mass is 10.1. The van der Waals surface area contributed by atoms with Crippen LogP contribution in [0.5, 0.6) is 0 Å². The van der Waals surface area contributed by atoms with Crippen LogP contribution in [0.25, 0.3) is 0 Å². The Balaban J connectivity index is 1.88. The molecule has 2 amide bonds. The van der Waals surface area contributed by atoms with Crippen molar-refractivity contribution in [3.05, 3.63) is 59.7 Å². The van der Waals surface area contributed by atoms with Gasteiger partial charge >= 0.3 is 0 Å². The predicted octanol–water partition coefficient (Wildman–Crippen LogP) is 4.11. The van der Waals surface area contributed by atoms with E-state index in [0.717, 1.165) is 4.90 Å². The molecule has 5 heteroatoms. The van der Waals surface area contributed by atoms with Crippen LogP contribution in [0.15, 0.2) is 53.4 Å². The summed E-state index contributed by atoms with van der Waals surface area (Å²) in [5.41, 5.74) is 2.37. The molecule has 0 aliphatic heterocycles. The number of carbonyl (C=O) groups is 2. The summed E-state index contributed by atoms with van der Waals surface area (Å²) >= 11 is 1.49. The van der Waals surface area contributed by atoms with E-state index in [4.69, 9.17) is 0 Å². The van der Waals surface area contributed by atoms with Crippen LogP contribution in [0.3, 0.4) is 0 Å². The first-order chi connectivity index (χ1) is 11.9. The number of aryl methyl sites for hydroxylation is 1. The van der Waals surface area contributed by atoms with Gasteiger partial charge in [-0.3, -0.25) is 9.59 Å². The van der Waals surface area contributed by atoms with Crippen molar-refractivity contribution in [3.63, 3.8) is 0 Å². The highest BCUT2D eigenvalue weighted by atomic mass is 32.2. The van der Waals surface area contributed by atoms with Gasteiger partial charge in [-0.05, 0) is 43.2 Å². The van der Waals surface area contributed by atoms with Gasteiger partial charge in [-0.1, -0.05) is 37.6 Å². The van der Waals surface area contributed by atoms with Crippen molar-refractivity contribution in [1.29, 1.82) is 0 Å². The fourth-order valence-corrected chi connectivity index (χ4v) is 2.82. The summed E-state index contributed by atoms with van der Waals surface area (Å²) in [5.74, 6) is 0.502. The quantitative estimate of drug-likeness (QED) is 0.734. The third-order valence-corrected chi connectivity index (χ3v) is 4.48. The van der Waals surface area contributed by atoms with Crippen molar-refractivity contribution in [1.82, 2.24) is 5.32 Å². The molecule has 0 aliphatic carbocycles. The molecule has 2 rings (SSSR count). The van der Waals surface area contributed by atoms with Crippen LogP contribution in [0.4, 0.5) is 5.69 Å². The minimum absolute atomic E-state index is 0.0923. The second-order valence-corrected chi connectivity index (χ2v) is 7.38. The molecule has 4 nitrogen and oxygen atoms in total. The minimum Gasteiger partial charge on any atom is -0.352 e. The van der Waals surface area contributed by atoms with Crippen molar-refractivity contribution in [2.75, 3.05) is 17.6 Å². The summed E-state index contributed by atoms with van der Waals surface area (Å²) in [6.45, 7) is 6.75. The molecular weight excluding hydrogens is 332 g/mol. The Morgan fingerprint density at radius 1 is 1.08 bits per heavy atom. The van der Waals surface area contributed by atoms with E-state index in [1.54, 1.807) is 24.3 Å². The van der Waals surface area contributed by atoms with Crippen molar-refractivity contribution < 1.29 is 9.59 Å². The molecular formula is C20H24N2O2S. The lowest BCUT2D eigenvalue weighted by Crippen LogP contribution is -2.27. The molecule has 2 aromatic carbocycles. The zero-order chi connectivity index (χ0) is 18.2. The van der Waals surface area contributed by atoms with E-state index in [2.05, 4.69) is 10.6 Å². The lowest BCUT2D eigenvalue weighted by Gasteiger charge is -2.10. The molecule has 2 aromatic rings. The van der Waals surface area contributed by atoms with E-state index in [1.807, 2.05) is 45.0 Å². The monoisotopic (exact) mass is 356 g/mol. The number of hydrogen-bond donors (Lipinski definition) is 2. The maximum Gasteiger partial charge on any atom is 0.251 e. The first-order valence-corrected chi connectivity index (χ1v) is 9.30. The first kappa shape index (κ1) is 19.1. The molecule has 0 aliphatic rings. The van der Waals surface area contributed by atoms with Gasteiger partial charge in [0.1, 0.15) is 0 Å². The third-order valence-electron chi connectivity index (χ3n) is 3.47. The molecule has 132 valence electrons. The van der Waals surface area contributed by atoms with Crippen LogP contribution in [0.1, 0.15) is 29.8 Å². The number of nitrogens with one attached hydrogen (secondary N) is 2. The van der Waals surface area contributed by atoms with Crippen LogP contribution in [0.2, 0.25) is 0 Å². The van der Waals surface area contributed by atoms with E-state index in [1.165, 1.54) is 17.3 Å². The Morgan fingerprint density at radius 2 is 1.80 bits per heavy atom. The van der Waals surface area contributed by atoms with Crippen molar-refractivity contribution in [2.24, 2.45) is 5.92 Å². The van der Waals surface area contributed by atoms with Crippen molar-refractivity contribution >= 4 is 29.3 Å². The fourth-order valence-electron chi connectivity index (χ4n) is 2.12. The average Bonchev–Trinajstić information content (AvgIpc) is 2.59. The van der Waals surface area contributed by atoms with Crippen LogP contribution < -0.4 is 10.6 Å². The van der Waals surface area contributed by atoms with Gasteiger partial charge in [0.25, 0.3) is 5.91 Å². The number of carbonyl (C=O) groups excluding carboxylic acids is 2. The number of amides is 2. The number of hydrogen-bond acceptors (Lipinski definition) is 3. The first-order valence-electron chi connectivity index (χ1n) is 8.31. The van der Waals surface area contributed by atoms with E-state index >= 15 is 0 Å². The summed E-state index contributed by atoms with van der Waals surface area (Å²) in [6.07, 6.45) is 0. The van der Waals surface area contributed by atoms with Gasteiger partial charge in [-0.25, -0.2) is 0 Å². The summed E-state index contributed by atoms with van der Waals surface area (Å²) in [6, 6.07) is 15.1. The standard InChI is InChI=1S/C20H24N2O2S/c1-14(2)12-21-20(24)16-5-4-6-17(11-16)22-19(23)13-25-18-9-7-15(3)8-10-18/h4-11,14H,12-13H2,1-3H3,(H,21,24)(H,22,23). The van der Waals surface area contributed by atoms with E-state index in [0.29, 0.717) is 29.5 Å². The smallest absolute Gasteiger partial charge is 0.251 e. The van der Waals surface area contributed by atoms with Crippen LogP contribution >= 0.6 is 11.8 Å². The second kappa shape index (κ2) is 9.28. The largest absolute Gasteiger partial charge is 0.352 e. The van der Waals surface area contributed by atoms with Crippen LogP contribution in [0, 0.1) is 12.8 Å². The van der Waals surface area contributed by atoms with Gasteiger partial charge in [-0.15, -0.1) is 11.8 Å². The third kappa shape index (κ3) is 6.63. The molecule has 0 saturated carbocycles. The summed E-state index contributed by atoms with van der Waals surface area (Å²) in [7, 11) is 0. The predicted molar refractivity (Wildman–Crippen MR) is 104 cm³/mol. The maximum atomic E-state index is 12.1. The highest BCUT2D eigenvalue weighted by Crippen LogP contribution is 2.19. The molecule has 0 fully saturated rings. The Labute approximate surface area is 153 Å². The highest BCUT2D eigenvalue weighted by molar-refractivity contribution is 8.00. The van der Waals surface area contributed by atoms with Gasteiger partial charge in [0.2, 0.25) is 5.91 Å². The zero-order valence-corrected chi connectivity index (χ0v) is 15.7. The van der Waals surface area contributed by atoms with Gasteiger partial charge in [0.15, 0.2) is 0 Å². The second-order valence-electron chi connectivity index (χ2n) is 6.33. The Hall–Kier alpha value is -2.27. The topological polar surface area (TPSA) is 58.2 Å². The maximum absolute atomic E-state index is 12.1. The molecule has 0 heterocycles. The van der Waals surface area contributed by atoms with E-state index in [9.17, 15) is 9.59 Å². The molecule has 25 heavy (non-hydrogen) atoms. The highest BCUT2D eigenvalue weighted by Gasteiger charge is 2.09. The molecule has 0 spiro atoms. The molecule has 0 bridgehead atoms. The normalized spacial score (nSPS) is 10.6. The van der Waals surface area contributed by atoms with Gasteiger partial charge in [-0.2, -0.15) is 0 Å². The SMILES string of the molecule is Cc1ccc(SCC(=O)Nc2cccc(C(=O)NCC(C)C)c2)cc1. The van der Waals surface area contributed by atoms with E-state index in [-0.39, 0.29) is 11.8 Å². The Morgan fingerprint density at radius 3 is 2.48 bits per heavy atom. The van der Waals surface area contributed by atoms with Crippen molar-refractivity contribution in [3.8, 4) is 0 Å². The molecule has 2 N–H and O–H groups in total. The van der Waals surface area contributed by atoms with Gasteiger partial charge in [0.05, 0.1) is 5.75 Å². The molecule has 0 aromatic heterocycles. The van der Waals surface area contributed by atoms with Crippen LogP contribution in [-0.2, 0) is 4.79 Å². The average molecular weight is 356 g/mol. The summed E-state index contributed by atoms with van der Waals surface area (Å²) < 4.78 is 0. The van der Waals surface area contributed by atoms with Crippen LogP contribution in [-0.4, -0.2) is 24.1 Å². The minimum atomic E-state index is -0.126. The molecule has 0 atom stereocenters. The molecule has 0 radical (unpaired) electrons. The summed E-state index contributed by atoms with van der Waals surface area (Å²) in [5, 5.41) is 5.72. The Bertz CT molecular complexity index is 727. The number of benzene rings is 2. The molecule has 0 unspecified atom stereocenters.